The largest absolute Gasteiger partial charge is 0.508 e. The lowest BCUT2D eigenvalue weighted by atomic mass is 10.1. The number of amides is 2. The minimum absolute atomic E-state index is 0.100. The molecule has 4 rings (SSSR count). The Morgan fingerprint density at radius 1 is 0.971 bits per heavy atom. The van der Waals surface area contributed by atoms with Crippen molar-refractivity contribution in [3.63, 3.8) is 0 Å². The number of nitrogens with zero attached hydrogens (tertiary/aromatic N) is 2. The number of benzene rings is 3. The lowest BCUT2D eigenvalue weighted by Gasteiger charge is -2.10. The van der Waals surface area contributed by atoms with Gasteiger partial charge >= 0.3 is 5.97 Å². The predicted molar refractivity (Wildman–Crippen MR) is 130 cm³/mol. The van der Waals surface area contributed by atoms with Crippen molar-refractivity contribution in [2.75, 3.05) is 0 Å². The lowest BCUT2D eigenvalue weighted by molar-refractivity contribution is -0.132. The van der Waals surface area contributed by atoms with Gasteiger partial charge in [-0.2, -0.15) is 15.4 Å². The summed E-state index contributed by atoms with van der Waals surface area (Å²) in [5, 5.41) is 34.6. The van der Waals surface area contributed by atoms with Gasteiger partial charge in [0.25, 0.3) is 11.8 Å². The summed E-state index contributed by atoms with van der Waals surface area (Å²) in [5.74, 6) is -2.27. The molecular weight excluding hydrogens is 518 g/mol. The van der Waals surface area contributed by atoms with Crippen LogP contribution >= 0.6 is 15.9 Å². The van der Waals surface area contributed by atoms with E-state index in [9.17, 15) is 24.6 Å². The van der Waals surface area contributed by atoms with Crippen molar-refractivity contribution in [3.8, 4) is 5.75 Å². The Bertz CT molecular complexity index is 1480. The van der Waals surface area contributed by atoms with Crippen molar-refractivity contribution in [1.82, 2.24) is 26.0 Å². The summed E-state index contributed by atoms with van der Waals surface area (Å²) in [5.41, 5.74) is 2.52. The quantitative estimate of drug-likeness (QED) is 0.227. The van der Waals surface area contributed by atoms with E-state index in [1.807, 2.05) is 0 Å². The minimum atomic E-state index is -1.32. The molecule has 0 aliphatic carbocycles. The van der Waals surface area contributed by atoms with Gasteiger partial charge in [0.15, 0.2) is 0 Å². The van der Waals surface area contributed by atoms with Gasteiger partial charge in [0.1, 0.15) is 22.5 Å². The van der Waals surface area contributed by atoms with Crippen LogP contribution in [0.25, 0.3) is 17.1 Å². The number of halogens is 1. The van der Waals surface area contributed by atoms with Gasteiger partial charge in [-0.15, -0.1) is 0 Å². The highest BCUT2D eigenvalue weighted by atomic mass is 79.9. The molecule has 0 fully saturated rings. The zero-order valence-electron chi connectivity index (χ0n) is 17.9. The first-order valence-electron chi connectivity index (χ1n) is 10.2. The number of rotatable bonds is 7. The number of carbonyl (C=O) groups excluding carboxylic acids is 2. The normalized spacial score (nSPS) is 11.3. The summed E-state index contributed by atoms with van der Waals surface area (Å²) < 4.78 is 0.314. The Labute approximate surface area is 206 Å². The first-order valence-corrected chi connectivity index (χ1v) is 11.0. The molecule has 176 valence electrons. The molecule has 0 saturated carbocycles. The fourth-order valence-electron chi connectivity index (χ4n) is 3.25. The highest BCUT2D eigenvalue weighted by Gasteiger charge is 2.17. The third-order valence-electron chi connectivity index (χ3n) is 4.97. The lowest BCUT2D eigenvalue weighted by Crippen LogP contribution is -2.28. The smallest absolute Gasteiger partial charge is 0.352 e. The van der Waals surface area contributed by atoms with E-state index in [-0.39, 0.29) is 29.5 Å². The van der Waals surface area contributed by atoms with Crippen LogP contribution < -0.4 is 10.6 Å². The summed E-state index contributed by atoms with van der Waals surface area (Å²) >= 11 is 3.28. The summed E-state index contributed by atoms with van der Waals surface area (Å²) in [6, 6.07) is 15.8. The second kappa shape index (κ2) is 10.2. The SMILES string of the molecule is O=C(O)/C(=C/c1ccc2n[nH]nc2c1)NC(=O)c1ccc(C(=O)NCc2cccc(O)c2)cc1Br. The van der Waals surface area contributed by atoms with Gasteiger partial charge in [0.05, 0.1) is 5.56 Å². The number of phenols is 1. The van der Waals surface area contributed by atoms with Crippen LogP contribution in [0.4, 0.5) is 0 Å². The van der Waals surface area contributed by atoms with Crippen LogP contribution in [0.1, 0.15) is 31.8 Å². The minimum Gasteiger partial charge on any atom is -0.508 e. The van der Waals surface area contributed by atoms with E-state index in [0.717, 1.165) is 5.56 Å². The standard InChI is InChI=1S/C24H18BrN5O5/c25-18-11-15(22(32)26-12-14-2-1-3-16(31)8-14)5-6-17(18)23(33)27-21(24(34)35)10-13-4-7-19-20(9-13)29-30-28-19/h1-11,31H,12H2,(H,26,32)(H,27,33)(H,34,35)(H,28,29,30)/b21-10-. The van der Waals surface area contributed by atoms with Crippen LogP contribution in [-0.2, 0) is 11.3 Å². The highest BCUT2D eigenvalue weighted by molar-refractivity contribution is 9.10. The van der Waals surface area contributed by atoms with Crippen LogP contribution in [0.3, 0.4) is 0 Å². The van der Waals surface area contributed by atoms with Gasteiger partial charge in [-0.3, -0.25) is 9.59 Å². The Balaban J connectivity index is 1.47. The molecule has 35 heavy (non-hydrogen) atoms. The highest BCUT2D eigenvalue weighted by Crippen LogP contribution is 2.20. The number of aromatic amines is 1. The zero-order valence-corrected chi connectivity index (χ0v) is 19.5. The molecule has 3 aromatic carbocycles. The van der Waals surface area contributed by atoms with Gasteiger partial charge < -0.3 is 20.8 Å². The van der Waals surface area contributed by atoms with Gasteiger partial charge in [-0.05, 0) is 75.6 Å². The number of fused-ring (bicyclic) bond motifs is 1. The summed E-state index contributed by atoms with van der Waals surface area (Å²) in [7, 11) is 0. The van der Waals surface area contributed by atoms with Gasteiger partial charge in [0, 0.05) is 16.6 Å². The molecule has 2 amide bonds. The molecule has 4 aromatic rings. The maximum atomic E-state index is 12.8. The van der Waals surface area contributed by atoms with E-state index in [1.54, 1.807) is 36.4 Å². The first-order chi connectivity index (χ1) is 16.8. The fourth-order valence-corrected chi connectivity index (χ4v) is 3.80. The summed E-state index contributed by atoms with van der Waals surface area (Å²) in [6.07, 6.45) is 1.31. The van der Waals surface area contributed by atoms with Crippen molar-refractivity contribution in [3.05, 3.63) is 93.1 Å². The first kappa shape index (κ1) is 23.6. The maximum Gasteiger partial charge on any atom is 0.352 e. The van der Waals surface area contributed by atoms with Crippen LogP contribution in [0.5, 0.6) is 5.75 Å². The van der Waals surface area contributed by atoms with Crippen molar-refractivity contribution in [2.24, 2.45) is 0 Å². The summed E-state index contributed by atoms with van der Waals surface area (Å²) in [4.78, 5) is 37.0. The number of carbonyl (C=O) groups is 3. The second-order valence-corrected chi connectivity index (χ2v) is 8.29. The molecule has 5 N–H and O–H groups in total. The molecule has 0 unspecified atom stereocenters. The number of nitrogens with one attached hydrogen (secondary N) is 3. The van der Waals surface area contributed by atoms with E-state index in [2.05, 4.69) is 42.0 Å². The molecule has 0 spiro atoms. The number of carboxylic acid groups (broad SMARTS) is 1. The molecule has 0 atom stereocenters. The zero-order chi connectivity index (χ0) is 24.9. The number of carboxylic acids is 1. The Morgan fingerprint density at radius 3 is 2.51 bits per heavy atom. The monoisotopic (exact) mass is 535 g/mol. The molecular formula is C24H18BrN5O5. The average molecular weight is 536 g/mol. The van der Waals surface area contributed by atoms with Gasteiger partial charge in [0.2, 0.25) is 0 Å². The van der Waals surface area contributed by atoms with Gasteiger partial charge in [-0.25, -0.2) is 4.79 Å². The molecule has 11 heteroatoms. The number of aliphatic carboxylic acids is 1. The number of phenolic OH excluding ortho intramolecular Hbond substituents is 1. The van der Waals surface area contributed by atoms with Crippen LogP contribution in [0, 0.1) is 0 Å². The van der Waals surface area contributed by atoms with Crippen molar-refractivity contribution in [2.45, 2.75) is 6.54 Å². The second-order valence-electron chi connectivity index (χ2n) is 7.44. The van der Waals surface area contributed by atoms with Crippen LogP contribution in [-0.4, -0.2) is 43.4 Å². The molecule has 1 heterocycles. The fraction of sp³-hybridized carbons (Fsp3) is 0.0417. The Hall–Kier alpha value is -4.51. The van der Waals surface area contributed by atoms with Crippen molar-refractivity contribution < 1.29 is 24.6 Å². The van der Waals surface area contributed by atoms with E-state index in [1.165, 1.54) is 30.3 Å². The van der Waals surface area contributed by atoms with E-state index in [0.29, 0.717) is 26.6 Å². The van der Waals surface area contributed by atoms with E-state index < -0.39 is 11.9 Å². The number of hydrogen-bond acceptors (Lipinski definition) is 6. The Kier molecular flexibility index (Phi) is 6.88. The molecule has 0 radical (unpaired) electrons. The predicted octanol–water partition coefficient (Wildman–Crippen LogP) is 3.21. The number of hydrogen-bond donors (Lipinski definition) is 5. The molecule has 1 aromatic heterocycles. The van der Waals surface area contributed by atoms with Crippen LogP contribution in [0.15, 0.2) is 70.8 Å². The molecule has 0 aliphatic rings. The third-order valence-corrected chi connectivity index (χ3v) is 5.63. The maximum absolute atomic E-state index is 12.8. The van der Waals surface area contributed by atoms with Crippen molar-refractivity contribution >= 4 is 50.8 Å². The Morgan fingerprint density at radius 2 is 1.77 bits per heavy atom. The molecule has 0 bridgehead atoms. The number of H-pyrrole nitrogens is 1. The van der Waals surface area contributed by atoms with E-state index >= 15 is 0 Å². The van der Waals surface area contributed by atoms with Gasteiger partial charge in [-0.1, -0.05) is 18.2 Å². The topological polar surface area (TPSA) is 157 Å². The molecule has 0 aliphatic heterocycles. The average Bonchev–Trinajstić information content (AvgIpc) is 3.30. The molecule has 10 nitrogen and oxygen atoms in total. The molecule has 0 saturated heterocycles. The third kappa shape index (κ3) is 5.71. The number of aromatic hydroxyl groups is 1. The number of aromatic nitrogens is 3. The van der Waals surface area contributed by atoms with E-state index in [4.69, 9.17) is 0 Å². The summed E-state index contributed by atoms with van der Waals surface area (Å²) in [6.45, 7) is 0.208. The van der Waals surface area contributed by atoms with Crippen LogP contribution in [0.2, 0.25) is 0 Å². The van der Waals surface area contributed by atoms with Crippen molar-refractivity contribution in [1.29, 1.82) is 0 Å².